The second-order valence-corrected chi connectivity index (χ2v) is 25.7. The first-order chi connectivity index (χ1) is 39.3. The number of carbonyl (C=O) groups excluding carboxylic acids is 9. The topological polar surface area (TPSA) is 280 Å². The van der Waals surface area contributed by atoms with Crippen LogP contribution in [0.4, 0.5) is 10.5 Å². The number of fused-ring (bicyclic) bond motifs is 1. The third-order valence-electron chi connectivity index (χ3n) is 13.8. The molecular weight excluding hydrogens is 1090 g/mol. The summed E-state index contributed by atoms with van der Waals surface area (Å²) < 4.78 is 8.87. The molecule has 10 amide bonds. The van der Waals surface area contributed by atoms with E-state index in [9.17, 15) is 43.2 Å². The zero-order valence-corrected chi connectivity index (χ0v) is 53.9. The number of hydrogen-bond acceptors (Lipinski definition) is 12. The Kier molecular flexibility index (Phi) is 30.6. The van der Waals surface area contributed by atoms with Crippen molar-refractivity contribution in [2.24, 2.45) is 22.0 Å². The van der Waals surface area contributed by atoms with E-state index in [4.69, 9.17) is 10.5 Å². The van der Waals surface area contributed by atoms with Crippen molar-refractivity contribution in [2.75, 3.05) is 58.8 Å². The van der Waals surface area contributed by atoms with E-state index >= 15 is 0 Å². The quantitative estimate of drug-likeness (QED) is 0.0179. The van der Waals surface area contributed by atoms with E-state index < -0.39 is 70.1 Å². The van der Waals surface area contributed by atoms with Crippen LogP contribution in [0.25, 0.3) is 0 Å². The summed E-state index contributed by atoms with van der Waals surface area (Å²) in [5, 5.41) is 17.0. The smallest absolute Gasteiger partial charge is 0.312 e. The van der Waals surface area contributed by atoms with Crippen molar-refractivity contribution in [2.45, 2.75) is 183 Å². The molecule has 9 N–H and O–H groups in total. The summed E-state index contributed by atoms with van der Waals surface area (Å²) in [5.41, 5.74) is 6.63. The maximum Gasteiger partial charge on any atom is 0.312 e. The van der Waals surface area contributed by atoms with Crippen molar-refractivity contribution in [1.82, 2.24) is 41.1 Å². The van der Waals surface area contributed by atoms with E-state index in [0.717, 1.165) is 51.3 Å². The number of anilines is 1. The van der Waals surface area contributed by atoms with Gasteiger partial charge in [0.15, 0.2) is 0 Å². The fourth-order valence-electron chi connectivity index (χ4n) is 9.28. The number of primary amides is 1. The van der Waals surface area contributed by atoms with Crippen LogP contribution < -0.4 is 42.4 Å². The summed E-state index contributed by atoms with van der Waals surface area (Å²) in [6.07, 6.45) is 10.2. The van der Waals surface area contributed by atoms with Gasteiger partial charge >= 0.3 is 6.03 Å². The minimum atomic E-state index is -1.04. The van der Waals surface area contributed by atoms with Gasteiger partial charge in [0.1, 0.15) is 12.1 Å². The van der Waals surface area contributed by atoms with Gasteiger partial charge in [0.25, 0.3) is 17.7 Å². The van der Waals surface area contributed by atoms with Crippen molar-refractivity contribution in [3.8, 4) is 0 Å². The Morgan fingerprint density at radius 1 is 0.762 bits per heavy atom. The Morgan fingerprint density at radius 3 is 1.92 bits per heavy atom. The lowest BCUT2D eigenvalue weighted by molar-refractivity contribution is -0.139. The van der Waals surface area contributed by atoms with Gasteiger partial charge in [0.05, 0.1) is 25.8 Å². The highest BCUT2D eigenvalue weighted by Gasteiger charge is 2.41. The van der Waals surface area contributed by atoms with Crippen LogP contribution in [-0.2, 0) is 61.3 Å². The molecule has 2 aliphatic rings. The molecule has 0 fully saturated rings. The van der Waals surface area contributed by atoms with Gasteiger partial charge in [0.2, 0.25) is 29.5 Å². The summed E-state index contributed by atoms with van der Waals surface area (Å²) in [4.78, 5) is 121. The van der Waals surface area contributed by atoms with Gasteiger partial charge < -0.3 is 47.3 Å². The van der Waals surface area contributed by atoms with Crippen LogP contribution >= 0.6 is 11.9 Å². The SMILES string of the molecule is CCC.CCC.CNC(C(=O)NC(C(=O)N(C)C/C=C(\C)C(=O)NSc1ccc(NC(=O)C(CCCNC(N)=O)NC(=O)CNC(=O)CC(C)(C)COCC(C)(C)CN2C(=O)C=CC2=O)c2c1CCCC2)C(C)(C)C)C(C)(C)c1ccccc1. The highest BCUT2D eigenvalue weighted by Crippen LogP contribution is 2.35. The van der Waals surface area contributed by atoms with E-state index in [1.54, 1.807) is 33.2 Å². The Labute approximate surface area is 504 Å². The fraction of sp³-hybridized carbons (Fsp3) is 0.603. The number of nitrogens with zero attached hydrogens (tertiary/aromatic N) is 2. The first-order valence-electron chi connectivity index (χ1n) is 29.4. The molecule has 2 aromatic rings. The maximum atomic E-state index is 14.0. The molecule has 0 radical (unpaired) electrons. The third kappa shape index (κ3) is 24.6. The molecule has 0 aromatic heterocycles. The number of rotatable bonds is 28. The molecular formula is C63H100N10O10S. The summed E-state index contributed by atoms with van der Waals surface area (Å²) in [5.74, 6) is -3.22. The van der Waals surface area contributed by atoms with Crippen molar-refractivity contribution in [3.05, 3.63) is 83.0 Å². The Balaban J connectivity index is 0.00000384. The number of carbonyl (C=O) groups is 9. The van der Waals surface area contributed by atoms with Crippen LogP contribution in [-0.4, -0.2) is 135 Å². The second-order valence-electron chi connectivity index (χ2n) is 24.9. The van der Waals surface area contributed by atoms with Crippen molar-refractivity contribution < 1.29 is 47.9 Å². The number of benzene rings is 2. The second kappa shape index (κ2) is 35.0. The molecule has 3 atom stereocenters. The van der Waals surface area contributed by atoms with E-state index in [1.165, 1.54) is 29.9 Å². The average molecular weight is 1190 g/mol. The monoisotopic (exact) mass is 1190 g/mol. The molecule has 1 aliphatic carbocycles. The first-order valence-corrected chi connectivity index (χ1v) is 30.2. The molecule has 1 aliphatic heterocycles. The van der Waals surface area contributed by atoms with E-state index in [1.807, 2.05) is 98.7 Å². The lowest BCUT2D eigenvalue weighted by Gasteiger charge is -2.38. The van der Waals surface area contributed by atoms with E-state index in [-0.39, 0.29) is 75.2 Å². The predicted octanol–water partition coefficient (Wildman–Crippen LogP) is 7.39. The molecule has 1 heterocycles. The predicted molar refractivity (Wildman–Crippen MR) is 333 cm³/mol. The van der Waals surface area contributed by atoms with Crippen LogP contribution in [0.1, 0.15) is 159 Å². The highest BCUT2D eigenvalue weighted by atomic mass is 32.2. The lowest BCUT2D eigenvalue weighted by atomic mass is 9.76. The zero-order valence-electron chi connectivity index (χ0n) is 53.1. The van der Waals surface area contributed by atoms with Gasteiger partial charge in [-0.2, -0.15) is 0 Å². The van der Waals surface area contributed by atoms with Gasteiger partial charge in [-0.1, -0.05) is 139 Å². The molecule has 468 valence electrons. The molecule has 2 aromatic carbocycles. The molecule has 0 spiro atoms. The van der Waals surface area contributed by atoms with Crippen molar-refractivity contribution in [3.63, 3.8) is 0 Å². The molecule has 0 saturated heterocycles. The van der Waals surface area contributed by atoms with Crippen LogP contribution in [0.15, 0.2) is 71.2 Å². The van der Waals surface area contributed by atoms with Crippen LogP contribution in [0.5, 0.6) is 0 Å². The summed E-state index contributed by atoms with van der Waals surface area (Å²) in [6.45, 7) is 27.7. The Morgan fingerprint density at radius 2 is 1.35 bits per heavy atom. The largest absolute Gasteiger partial charge is 0.380 e. The number of nitrogens with one attached hydrogen (secondary N) is 7. The summed E-state index contributed by atoms with van der Waals surface area (Å²) in [6, 6.07) is 10.0. The molecule has 84 heavy (non-hydrogen) atoms. The normalized spacial score (nSPS) is 14.5. The van der Waals surface area contributed by atoms with Gasteiger partial charge in [-0.3, -0.25) is 48.0 Å². The van der Waals surface area contributed by atoms with Crippen molar-refractivity contribution >= 4 is 70.9 Å². The lowest BCUT2D eigenvalue weighted by Crippen LogP contribution is -2.60. The van der Waals surface area contributed by atoms with Crippen molar-refractivity contribution in [1.29, 1.82) is 0 Å². The minimum absolute atomic E-state index is 0.0184. The number of amides is 10. The molecule has 3 unspecified atom stereocenters. The number of ether oxygens (including phenoxy) is 1. The summed E-state index contributed by atoms with van der Waals surface area (Å²) in [7, 11) is 3.36. The molecule has 4 rings (SSSR count). The molecule has 20 nitrogen and oxygen atoms in total. The number of nitrogens with two attached hydrogens (primary N) is 1. The number of likely N-dealkylation sites (N-methyl/N-ethyl adjacent to an activating group) is 2. The van der Waals surface area contributed by atoms with Gasteiger partial charge in [0, 0.05) is 72.2 Å². The average Bonchev–Trinajstić information content (AvgIpc) is 3.66. The van der Waals surface area contributed by atoms with E-state index in [0.29, 0.717) is 30.5 Å². The van der Waals surface area contributed by atoms with E-state index in [2.05, 4.69) is 64.3 Å². The zero-order chi connectivity index (χ0) is 63.6. The number of hydrogen-bond donors (Lipinski definition) is 8. The fourth-order valence-corrected chi connectivity index (χ4v) is 10.1. The highest BCUT2D eigenvalue weighted by molar-refractivity contribution is 7.98. The van der Waals surface area contributed by atoms with Gasteiger partial charge in [-0.25, -0.2) is 4.79 Å². The first kappa shape index (κ1) is 73.5. The maximum absolute atomic E-state index is 14.0. The van der Waals surface area contributed by atoms with Crippen LogP contribution in [0, 0.1) is 16.2 Å². The summed E-state index contributed by atoms with van der Waals surface area (Å²) >= 11 is 1.16. The standard InChI is InChI=1S/C57H84N10O10S.2C3H8/c1-36(28-30-66(12)52(75)48(54(2,3)4)64-51(74)47(59-11)57(9,10)37-19-14-13-15-20-37)49(72)65-78-42-25-24-40(38-21-16-17-22-39(38)42)63-50(73)41(23-18-29-60-53(58)76)62-44(69)32-61-43(68)31-55(5,6)34-77-35-56(7,8)33-67-45(70)26-27-46(67)71;2*1-3-2/h13-15,19-20,24-28,41,47-48,59H,16-18,21-23,29-35H2,1-12H3,(H,61,68)(H,62,69)(H,63,73)(H,64,74)(H,65,72)(H3,58,60,76);2*3H2,1-2H3/b36-28+;;. The number of imide groups is 1. The van der Waals surface area contributed by atoms with Gasteiger partial charge in [-0.15, -0.1) is 0 Å². The molecule has 0 bridgehead atoms. The minimum Gasteiger partial charge on any atom is -0.380 e. The molecule has 21 heteroatoms. The van der Waals surface area contributed by atoms with Crippen LogP contribution in [0.2, 0.25) is 0 Å². The van der Waals surface area contributed by atoms with Crippen LogP contribution in [0.3, 0.4) is 0 Å². The third-order valence-corrected chi connectivity index (χ3v) is 14.7. The Bertz CT molecular complexity index is 2590. The number of urea groups is 1. The van der Waals surface area contributed by atoms with Gasteiger partial charge in [-0.05, 0) is 104 Å². The molecule has 0 saturated carbocycles. The Hall–Kier alpha value is -6.58.